The first-order valence-electron chi connectivity index (χ1n) is 9.21. The first kappa shape index (κ1) is 22.4. The van der Waals surface area contributed by atoms with Crippen LogP contribution < -0.4 is 26.2 Å². The number of nitrogens with zero attached hydrogens (tertiary/aromatic N) is 1. The summed E-state index contributed by atoms with van der Waals surface area (Å²) in [5.74, 6) is 0.428. The number of carbonyl (C=O) groups is 2. The number of alkyl halides is 3. The molecule has 11 heteroatoms. The van der Waals surface area contributed by atoms with Crippen molar-refractivity contribution in [2.45, 2.75) is 6.18 Å². The molecule has 0 saturated carbocycles. The summed E-state index contributed by atoms with van der Waals surface area (Å²) in [6, 6.07) is 13.1. The summed E-state index contributed by atoms with van der Waals surface area (Å²) < 4.78 is 44.0. The lowest BCUT2D eigenvalue weighted by Gasteiger charge is -2.13. The Balaban J connectivity index is 1.59. The highest BCUT2D eigenvalue weighted by Crippen LogP contribution is 2.30. The van der Waals surface area contributed by atoms with Gasteiger partial charge < -0.3 is 15.4 Å². The monoisotopic (exact) mass is 445 g/mol. The lowest BCUT2D eigenvalue weighted by molar-refractivity contribution is -0.137. The SMILES string of the molecule is CNC(=O)c1cc(Oc2cccc(NNC(=O)Nc3cccc(C(F)(F)F)c3)c2)ccn1. The normalized spacial score (nSPS) is 10.8. The fourth-order valence-corrected chi connectivity index (χ4v) is 2.56. The summed E-state index contributed by atoms with van der Waals surface area (Å²) in [6.45, 7) is 0. The van der Waals surface area contributed by atoms with Crippen LogP contribution in [-0.2, 0) is 6.18 Å². The van der Waals surface area contributed by atoms with Gasteiger partial charge in [0.15, 0.2) is 0 Å². The molecule has 0 spiro atoms. The third-order valence-corrected chi connectivity index (χ3v) is 4.03. The minimum Gasteiger partial charge on any atom is -0.457 e. The molecule has 1 aromatic heterocycles. The van der Waals surface area contributed by atoms with Crippen molar-refractivity contribution in [3.05, 3.63) is 78.1 Å². The van der Waals surface area contributed by atoms with Gasteiger partial charge in [0, 0.05) is 31.1 Å². The van der Waals surface area contributed by atoms with Crippen molar-refractivity contribution < 1.29 is 27.5 Å². The molecule has 3 amide bonds. The topological polar surface area (TPSA) is 104 Å². The van der Waals surface area contributed by atoms with Crippen LogP contribution in [0.1, 0.15) is 16.1 Å². The molecule has 0 aliphatic rings. The van der Waals surface area contributed by atoms with Crippen molar-refractivity contribution >= 4 is 23.3 Å². The second-order valence-electron chi connectivity index (χ2n) is 6.37. The number of amides is 3. The largest absolute Gasteiger partial charge is 0.457 e. The molecular formula is C21H18F3N5O3. The molecule has 3 rings (SSSR count). The van der Waals surface area contributed by atoms with E-state index in [1.165, 1.54) is 31.4 Å². The number of rotatable bonds is 6. The van der Waals surface area contributed by atoms with Gasteiger partial charge in [0.05, 0.1) is 11.3 Å². The molecular weight excluding hydrogens is 427 g/mol. The van der Waals surface area contributed by atoms with Crippen LogP contribution in [-0.4, -0.2) is 24.0 Å². The van der Waals surface area contributed by atoms with Gasteiger partial charge in [-0.2, -0.15) is 13.2 Å². The second kappa shape index (κ2) is 9.69. The van der Waals surface area contributed by atoms with Gasteiger partial charge in [-0.25, -0.2) is 4.79 Å². The van der Waals surface area contributed by atoms with Gasteiger partial charge in [0.2, 0.25) is 0 Å². The average molecular weight is 445 g/mol. The molecule has 8 nitrogen and oxygen atoms in total. The molecule has 4 N–H and O–H groups in total. The predicted molar refractivity (Wildman–Crippen MR) is 111 cm³/mol. The van der Waals surface area contributed by atoms with E-state index in [2.05, 4.69) is 26.5 Å². The number of anilines is 2. The lowest BCUT2D eigenvalue weighted by atomic mass is 10.2. The second-order valence-corrected chi connectivity index (χ2v) is 6.37. The molecule has 0 atom stereocenters. The average Bonchev–Trinajstić information content (AvgIpc) is 2.77. The maximum Gasteiger partial charge on any atom is 0.416 e. The van der Waals surface area contributed by atoms with Crippen LogP contribution in [0.3, 0.4) is 0 Å². The number of hydrogen-bond acceptors (Lipinski definition) is 5. The third kappa shape index (κ3) is 6.11. The van der Waals surface area contributed by atoms with E-state index in [0.717, 1.165) is 12.1 Å². The Morgan fingerprint density at radius 1 is 0.938 bits per heavy atom. The summed E-state index contributed by atoms with van der Waals surface area (Å²) in [5, 5.41) is 4.78. The molecule has 0 aliphatic carbocycles. The van der Waals surface area contributed by atoms with Crippen LogP contribution in [0.5, 0.6) is 11.5 Å². The highest BCUT2D eigenvalue weighted by Gasteiger charge is 2.30. The van der Waals surface area contributed by atoms with E-state index >= 15 is 0 Å². The van der Waals surface area contributed by atoms with Crippen molar-refractivity contribution in [1.29, 1.82) is 0 Å². The van der Waals surface area contributed by atoms with Crippen LogP contribution >= 0.6 is 0 Å². The van der Waals surface area contributed by atoms with Crippen molar-refractivity contribution in [2.75, 3.05) is 17.8 Å². The first-order chi connectivity index (χ1) is 15.2. The molecule has 0 saturated heterocycles. The molecule has 3 aromatic rings. The standard InChI is InChI=1S/C21H18F3N5O3/c1-25-19(30)18-12-17(8-9-26-18)32-16-7-3-6-15(11-16)28-29-20(31)27-14-5-2-4-13(10-14)21(22,23)24/h2-12,28H,1H3,(H,25,30)(H2,27,29,31). The molecule has 166 valence electrons. The van der Waals surface area contributed by atoms with Crippen LogP contribution in [0.4, 0.5) is 29.3 Å². The van der Waals surface area contributed by atoms with Crippen LogP contribution in [0, 0.1) is 0 Å². The number of pyridine rings is 1. The number of aromatic nitrogens is 1. The summed E-state index contributed by atoms with van der Waals surface area (Å²) in [6.07, 6.45) is -3.08. The van der Waals surface area contributed by atoms with E-state index in [4.69, 9.17) is 4.74 Å². The van der Waals surface area contributed by atoms with Gasteiger partial charge in [-0.05, 0) is 36.4 Å². The van der Waals surface area contributed by atoms with Crippen molar-refractivity contribution in [2.24, 2.45) is 0 Å². The summed E-state index contributed by atoms with van der Waals surface area (Å²) in [4.78, 5) is 27.6. The summed E-state index contributed by atoms with van der Waals surface area (Å²) in [5.41, 5.74) is 4.71. The van der Waals surface area contributed by atoms with Crippen molar-refractivity contribution in [1.82, 2.24) is 15.7 Å². The van der Waals surface area contributed by atoms with Gasteiger partial charge in [-0.3, -0.25) is 20.6 Å². The van der Waals surface area contributed by atoms with E-state index in [1.54, 1.807) is 30.3 Å². The number of urea groups is 1. The minimum atomic E-state index is -4.51. The lowest BCUT2D eigenvalue weighted by Crippen LogP contribution is -2.33. The number of hydrogen-bond donors (Lipinski definition) is 4. The van der Waals surface area contributed by atoms with E-state index in [1.807, 2.05) is 0 Å². The minimum absolute atomic E-state index is 0.0131. The third-order valence-electron chi connectivity index (χ3n) is 4.03. The highest BCUT2D eigenvalue weighted by atomic mass is 19.4. The van der Waals surface area contributed by atoms with E-state index in [-0.39, 0.29) is 17.3 Å². The maximum atomic E-state index is 12.8. The van der Waals surface area contributed by atoms with Gasteiger partial charge in [0.25, 0.3) is 5.91 Å². The van der Waals surface area contributed by atoms with E-state index in [0.29, 0.717) is 17.2 Å². The van der Waals surface area contributed by atoms with Gasteiger partial charge in [-0.1, -0.05) is 12.1 Å². The Hall–Kier alpha value is -4.28. The van der Waals surface area contributed by atoms with E-state index < -0.39 is 17.8 Å². The molecule has 0 bridgehead atoms. The van der Waals surface area contributed by atoms with Crippen molar-refractivity contribution in [3.8, 4) is 11.5 Å². The van der Waals surface area contributed by atoms with Crippen LogP contribution in [0.25, 0.3) is 0 Å². The fourth-order valence-electron chi connectivity index (χ4n) is 2.56. The number of halogens is 3. The molecule has 0 unspecified atom stereocenters. The zero-order chi connectivity index (χ0) is 23.1. The number of nitrogens with one attached hydrogen (secondary N) is 4. The van der Waals surface area contributed by atoms with Crippen LogP contribution in [0.2, 0.25) is 0 Å². The summed E-state index contributed by atoms with van der Waals surface area (Å²) >= 11 is 0. The molecule has 2 aromatic carbocycles. The van der Waals surface area contributed by atoms with Crippen LogP contribution in [0.15, 0.2) is 66.9 Å². The number of benzene rings is 2. The number of hydrazine groups is 1. The first-order valence-corrected chi connectivity index (χ1v) is 9.21. The fraction of sp³-hybridized carbons (Fsp3) is 0.0952. The van der Waals surface area contributed by atoms with E-state index in [9.17, 15) is 22.8 Å². The smallest absolute Gasteiger partial charge is 0.416 e. The number of carbonyl (C=O) groups excluding carboxylic acids is 2. The Morgan fingerprint density at radius 2 is 1.66 bits per heavy atom. The van der Waals surface area contributed by atoms with Gasteiger partial charge >= 0.3 is 12.2 Å². The molecule has 0 aliphatic heterocycles. The van der Waals surface area contributed by atoms with Gasteiger partial charge in [0.1, 0.15) is 17.2 Å². The number of ether oxygens (including phenoxy) is 1. The maximum absolute atomic E-state index is 12.8. The Labute approximate surface area is 180 Å². The highest BCUT2D eigenvalue weighted by molar-refractivity contribution is 5.92. The molecule has 32 heavy (non-hydrogen) atoms. The zero-order valence-electron chi connectivity index (χ0n) is 16.7. The van der Waals surface area contributed by atoms with Crippen molar-refractivity contribution in [3.63, 3.8) is 0 Å². The Bertz CT molecular complexity index is 1120. The quantitative estimate of drug-likeness (QED) is 0.421. The molecule has 0 fully saturated rings. The predicted octanol–water partition coefficient (Wildman–Crippen LogP) is 4.40. The summed E-state index contributed by atoms with van der Waals surface area (Å²) in [7, 11) is 1.49. The Kier molecular flexibility index (Phi) is 6.78. The van der Waals surface area contributed by atoms with Gasteiger partial charge in [-0.15, -0.1) is 0 Å². The molecule has 0 radical (unpaired) electrons. The Morgan fingerprint density at radius 3 is 2.41 bits per heavy atom. The zero-order valence-corrected chi connectivity index (χ0v) is 16.7. The molecule has 1 heterocycles.